The number of β-lactam (4-membered cyclic amide) rings is 1. The van der Waals surface area contributed by atoms with E-state index in [1.165, 1.54) is 27.1 Å². The van der Waals surface area contributed by atoms with Gasteiger partial charge in [0.25, 0.3) is 5.91 Å². The Kier molecular flexibility index (Phi) is 7.23. The minimum atomic E-state index is -1.13. The van der Waals surface area contributed by atoms with Crippen LogP contribution < -0.4 is 4.74 Å². The number of methoxy groups -OCH3 is 2. The SMILES string of the molecule is COCO[C@@]1(Cc2cc(OCCC3CC3)ccn2)C(=O)N(COC)[C@H]1CCO. The number of amides is 1. The highest BCUT2D eigenvalue weighted by Crippen LogP contribution is 2.39. The van der Waals surface area contributed by atoms with Gasteiger partial charge < -0.3 is 29.0 Å². The van der Waals surface area contributed by atoms with Gasteiger partial charge in [-0.2, -0.15) is 0 Å². The van der Waals surface area contributed by atoms with Crippen molar-refractivity contribution in [1.29, 1.82) is 0 Å². The molecule has 3 rings (SSSR count). The molecule has 1 N–H and O–H groups in total. The van der Waals surface area contributed by atoms with E-state index in [1.807, 2.05) is 12.1 Å². The van der Waals surface area contributed by atoms with Crippen LogP contribution in [0.2, 0.25) is 0 Å². The zero-order valence-electron chi connectivity index (χ0n) is 16.6. The number of hydrogen-bond donors (Lipinski definition) is 1. The Hall–Kier alpha value is -1.74. The second-order valence-corrected chi connectivity index (χ2v) is 7.40. The molecule has 1 aliphatic carbocycles. The van der Waals surface area contributed by atoms with E-state index in [1.54, 1.807) is 11.1 Å². The Morgan fingerprint density at radius 2 is 2.11 bits per heavy atom. The van der Waals surface area contributed by atoms with Gasteiger partial charge in [-0.15, -0.1) is 0 Å². The summed E-state index contributed by atoms with van der Waals surface area (Å²) in [5.74, 6) is 1.36. The smallest absolute Gasteiger partial charge is 0.259 e. The van der Waals surface area contributed by atoms with Crippen LogP contribution in [0.3, 0.4) is 0 Å². The van der Waals surface area contributed by atoms with E-state index < -0.39 is 5.60 Å². The molecule has 1 aliphatic heterocycles. The van der Waals surface area contributed by atoms with E-state index >= 15 is 0 Å². The monoisotopic (exact) mass is 394 g/mol. The molecule has 2 aliphatic rings. The summed E-state index contributed by atoms with van der Waals surface area (Å²) in [5.41, 5.74) is -0.426. The molecule has 1 saturated heterocycles. The fourth-order valence-electron chi connectivity index (χ4n) is 3.74. The molecular weight excluding hydrogens is 364 g/mol. The molecule has 28 heavy (non-hydrogen) atoms. The molecule has 0 unspecified atom stereocenters. The molecule has 2 fully saturated rings. The molecule has 0 bridgehead atoms. The van der Waals surface area contributed by atoms with Crippen molar-refractivity contribution in [2.45, 2.75) is 43.7 Å². The van der Waals surface area contributed by atoms with Gasteiger partial charge >= 0.3 is 0 Å². The number of rotatable bonds is 13. The molecule has 1 aromatic rings. The molecular formula is C20H30N2O6. The van der Waals surface area contributed by atoms with E-state index in [2.05, 4.69) is 4.98 Å². The highest BCUT2D eigenvalue weighted by Gasteiger charge is 2.61. The quantitative estimate of drug-likeness (QED) is 0.399. The lowest BCUT2D eigenvalue weighted by Gasteiger charge is -2.54. The summed E-state index contributed by atoms with van der Waals surface area (Å²) in [6.45, 7) is 0.756. The topological polar surface area (TPSA) is 90.4 Å². The third-order valence-electron chi connectivity index (χ3n) is 5.37. The number of aliphatic hydroxyl groups excluding tert-OH is 1. The number of likely N-dealkylation sites (tertiary alicyclic amines) is 1. The molecule has 156 valence electrons. The van der Waals surface area contributed by atoms with Gasteiger partial charge in [0.2, 0.25) is 0 Å². The molecule has 8 nitrogen and oxygen atoms in total. The first-order valence-electron chi connectivity index (χ1n) is 9.76. The molecule has 0 aromatic carbocycles. The molecule has 2 heterocycles. The van der Waals surface area contributed by atoms with Crippen molar-refractivity contribution in [3.63, 3.8) is 0 Å². The van der Waals surface area contributed by atoms with E-state index in [-0.39, 0.29) is 38.5 Å². The lowest BCUT2D eigenvalue weighted by Crippen LogP contribution is -2.76. The normalized spacial score (nSPS) is 24.3. The summed E-state index contributed by atoms with van der Waals surface area (Å²) in [4.78, 5) is 18.9. The van der Waals surface area contributed by atoms with Gasteiger partial charge in [-0.05, 0) is 24.8 Å². The van der Waals surface area contributed by atoms with Crippen LogP contribution in [0, 0.1) is 5.92 Å². The Morgan fingerprint density at radius 1 is 1.29 bits per heavy atom. The largest absolute Gasteiger partial charge is 0.493 e. The van der Waals surface area contributed by atoms with Crippen molar-refractivity contribution in [2.75, 3.05) is 41.0 Å². The van der Waals surface area contributed by atoms with Gasteiger partial charge in [-0.1, -0.05) is 12.8 Å². The molecule has 0 radical (unpaired) electrons. The minimum Gasteiger partial charge on any atom is -0.493 e. The predicted molar refractivity (Wildman–Crippen MR) is 101 cm³/mol. The maximum atomic E-state index is 12.9. The molecule has 1 aromatic heterocycles. The maximum absolute atomic E-state index is 12.9. The first-order valence-corrected chi connectivity index (χ1v) is 9.76. The van der Waals surface area contributed by atoms with Crippen molar-refractivity contribution >= 4 is 5.91 Å². The van der Waals surface area contributed by atoms with Crippen LogP contribution >= 0.6 is 0 Å². The van der Waals surface area contributed by atoms with Crippen molar-refractivity contribution in [2.24, 2.45) is 5.92 Å². The predicted octanol–water partition coefficient (Wildman–Crippen LogP) is 1.36. The average Bonchev–Trinajstić information content (AvgIpc) is 3.53. The third-order valence-corrected chi connectivity index (χ3v) is 5.37. The number of aliphatic hydroxyl groups is 1. The molecule has 8 heteroatoms. The number of ether oxygens (including phenoxy) is 4. The van der Waals surface area contributed by atoms with Gasteiger partial charge in [-0.3, -0.25) is 9.78 Å². The number of hydrogen-bond acceptors (Lipinski definition) is 7. The molecule has 0 spiro atoms. The van der Waals surface area contributed by atoms with Crippen LogP contribution in [-0.4, -0.2) is 73.5 Å². The number of nitrogens with zero attached hydrogens (tertiary/aromatic N) is 2. The van der Waals surface area contributed by atoms with Crippen LogP contribution in [-0.2, 0) is 25.4 Å². The Labute approximate surface area is 165 Å². The summed E-state index contributed by atoms with van der Waals surface area (Å²) < 4.78 is 21.9. The van der Waals surface area contributed by atoms with Gasteiger partial charge in [0, 0.05) is 45.2 Å². The number of pyridine rings is 1. The van der Waals surface area contributed by atoms with Crippen LogP contribution in [0.5, 0.6) is 5.75 Å². The summed E-state index contributed by atoms with van der Waals surface area (Å²) in [5, 5.41) is 9.49. The zero-order chi connectivity index (χ0) is 20.0. The van der Waals surface area contributed by atoms with E-state index in [9.17, 15) is 9.90 Å². The summed E-state index contributed by atoms with van der Waals surface area (Å²) in [7, 11) is 3.04. The van der Waals surface area contributed by atoms with Gasteiger partial charge in [0.1, 0.15) is 19.3 Å². The Balaban J connectivity index is 1.73. The number of carbonyl (C=O) groups excluding carboxylic acids is 1. The van der Waals surface area contributed by atoms with Crippen LogP contribution in [0.25, 0.3) is 0 Å². The third kappa shape index (κ3) is 4.63. The first kappa shape index (κ1) is 21.0. The standard InChI is InChI=1S/C20H30N2O6/c1-25-13-22-18(6-9-23)20(19(22)24,28-14-26-2)12-16-11-17(5-8-21-16)27-10-7-15-3-4-15/h5,8,11,15,18,23H,3-4,6-7,9-10,12-14H2,1-2H3/t18-,20+/m0/s1. The second-order valence-electron chi connectivity index (χ2n) is 7.40. The van der Waals surface area contributed by atoms with Gasteiger partial charge in [0.15, 0.2) is 5.60 Å². The van der Waals surface area contributed by atoms with E-state index in [0.717, 1.165) is 18.1 Å². The lowest BCUT2D eigenvalue weighted by molar-refractivity contribution is -0.234. The van der Waals surface area contributed by atoms with Crippen molar-refractivity contribution < 1.29 is 28.8 Å². The fourth-order valence-corrected chi connectivity index (χ4v) is 3.74. The first-order chi connectivity index (χ1) is 13.6. The van der Waals surface area contributed by atoms with Gasteiger partial charge in [-0.25, -0.2) is 0 Å². The fraction of sp³-hybridized carbons (Fsp3) is 0.700. The average molecular weight is 394 g/mol. The highest BCUT2D eigenvalue weighted by atomic mass is 16.7. The van der Waals surface area contributed by atoms with Crippen molar-refractivity contribution in [3.8, 4) is 5.75 Å². The highest BCUT2D eigenvalue weighted by molar-refractivity contribution is 5.93. The Bertz CT molecular complexity index is 653. The second kappa shape index (κ2) is 9.65. The van der Waals surface area contributed by atoms with Crippen LogP contribution in [0.15, 0.2) is 18.3 Å². The van der Waals surface area contributed by atoms with Gasteiger partial charge in [0.05, 0.1) is 12.6 Å². The van der Waals surface area contributed by atoms with Crippen molar-refractivity contribution in [3.05, 3.63) is 24.0 Å². The summed E-state index contributed by atoms with van der Waals surface area (Å²) >= 11 is 0. The maximum Gasteiger partial charge on any atom is 0.259 e. The minimum absolute atomic E-state index is 0.0218. The van der Waals surface area contributed by atoms with Crippen LogP contribution in [0.1, 0.15) is 31.4 Å². The van der Waals surface area contributed by atoms with Crippen molar-refractivity contribution in [1.82, 2.24) is 9.88 Å². The summed E-state index contributed by atoms with van der Waals surface area (Å²) in [6.07, 6.45) is 6.02. The lowest BCUT2D eigenvalue weighted by atomic mass is 9.77. The number of carbonyl (C=O) groups is 1. The molecule has 1 amide bonds. The summed E-state index contributed by atoms with van der Waals surface area (Å²) in [6, 6.07) is 3.36. The van der Waals surface area contributed by atoms with Crippen LogP contribution in [0.4, 0.5) is 0 Å². The molecule has 2 atom stereocenters. The number of aromatic nitrogens is 1. The van der Waals surface area contributed by atoms with E-state index in [0.29, 0.717) is 18.7 Å². The Morgan fingerprint density at radius 3 is 2.79 bits per heavy atom. The molecule has 1 saturated carbocycles. The van der Waals surface area contributed by atoms with E-state index in [4.69, 9.17) is 18.9 Å². The zero-order valence-corrected chi connectivity index (χ0v) is 16.6.